The van der Waals surface area contributed by atoms with Crippen LogP contribution in [0.2, 0.25) is 5.15 Å². The van der Waals surface area contributed by atoms with Crippen LogP contribution in [-0.4, -0.2) is 43.6 Å². The molecule has 39 heavy (non-hydrogen) atoms. The van der Waals surface area contributed by atoms with Gasteiger partial charge in [0.05, 0.1) is 22.8 Å². The van der Waals surface area contributed by atoms with E-state index in [1.54, 1.807) is 6.20 Å². The van der Waals surface area contributed by atoms with Crippen LogP contribution in [0.1, 0.15) is 54.2 Å². The van der Waals surface area contributed by atoms with Crippen LogP contribution in [0.15, 0.2) is 59.9 Å². The van der Waals surface area contributed by atoms with Crippen molar-refractivity contribution in [1.29, 1.82) is 0 Å². The van der Waals surface area contributed by atoms with Gasteiger partial charge in [0.1, 0.15) is 5.15 Å². The van der Waals surface area contributed by atoms with Crippen molar-refractivity contribution in [3.63, 3.8) is 0 Å². The van der Waals surface area contributed by atoms with Crippen LogP contribution < -0.4 is 10.3 Å². The number of hydrogen-bond donors (Lipinski definition) is 0. The molecule has 0 aromatic carbocycles. The van der Waals surface area contributed by atoms with Crippen LogP contribution >= 0.6 is 25.1 Å². The minimum atomic E-state index is 0. The van der Waals surface area contributed by atoms with Gasteiger partial charge >= 0.3 is 0 Å². The van der Waals surface area contributed by atoms with Crippen molar-refractivity contribution in [2.24, 2.45) is 0 Å². The summed E-state index contributed by atoms with van der Waals surface area (Å²) in [6.45, 7) is 7.29. The number of rotatable bonds is 7. The highest BCUT2D eigenvalue weighted by molar-refractivity contribution is 7.59. The topological polar surface area (TPSA) is 67.2 Å². The molecule has 0 N–H and O–H groups in total. The Kier molecular flexibility index (Phi) is 8.26. The summed E-state index contributed by atoms with van der Waals surface area (Å²) in [5.74, 6) is 0. The molecule has 0 amide bonds. The average Bonchev–Trinajstić information content (AvgIpc) is 3.76. The Morgan fingerprint density at radius 1 is 1.00 bits per heavy atom. The summed E-state index contributed by atoms with van der Waals surface area (Å²) in [6.07, 6.45) is 12.0. The van der Waals surface area contributed by atoms with Crippen LogP contribution in [0.25, 0.3) is 10.9 Å². The fourth-order valence-electron chi connectivity index (χ4n) is 5.65. The highest BCUT2D eigenvalue weighted by atomic mass is 35.5. The fraction of sp³-hybridized carbons (Fsp3) is 0.400. The van der Waals surface area contributed by atoms with E-state index in [4.69, 9.17) is 11.6 Å². The van der Waals surface area contributed by atoms with E-state index in [1.807, 2.05) is 32.3 Å². The maximum absolute atomic E-state index is 13.7. The first-order valence-corrected chi connectivity index (χ1v) is 13.8. The Labute approximate surface area is 241 Å². The number of fused-ring (bicyclic) bond motifs is 1. The molecular formula is C30H35ClN6OS. The van der Waals surface area contributed by atoms with Crippen molar-refractivity contribution in [2.75, 3.05) is 18.0 Å². The number of anilines is 1. The molecule has 6 rings (SSSR count). The Balaban J connectivity index is 0.00000308. The van der Waals surface area contributed by atoms with E-state index in [0.717, 1.165) is 73.5 Å². The lowest BCUT2D eigenvalue weighted by atomic mass is 10.0. The Morgan fingerprint density at radius 2 is 1.85 bits per heavy atom. The molecule has 7 nitrogen and oxygen atoms in total. The van der Waals surface area contributed by atoms with E-state index in [9.17, 15) is 4.79 Å². The molecule has 0 radical (unpaired) electrons. The highest BCUT2D eigenvalue weighted by Crippen LogP contribution is 2.37. The van der Waals surface area contributed by atoms with E-state index in [0.29, 0.717) is 29.2 Å². The van der Waals surface area contributed by atoms with Crippen molar-refractivity contribution >= 4 is 41.7 Å². The van der Waals surface area contributed by atoms with Crippen LogP contribution in [0, 0.1) is 13.8 Å². The first kappa shape index (κ1) is 27.6. The van der Waals surface area contributed by atoms with Crippen molar-refractivity contribution < 1.29 is 0 Å². The molecular weight excluding hydrogens is 528 g/mol. The third-order valence-electron chi connectivity index (χ3n) is 7.79. The number of hydrogen-bond acceptors (Lipinski definition) is 6. The van der Waals surface area contributed by atoms with Crippen LogP contribution in [0.4, 0.5) is 5.69 Å². The largest absolute Gasteiger partial charge is 0.369 e. The zero-order valence-corrected chi connectivity index (χ0v) is 24.2. The molecule has 1 aliphatic heterocycles. The number of aryl methyl sites for hydroxylation is 2. The minimum Gasteiger partial charge on any atom is -0.369 e. The molecule has 4 aromatic heterocycles. The lowest BCUT2D eigenvalue weighted by Gasteiger charge is -2.40. The summed E-state index contributed by atoms with van der Waals surface area (Å²) in [7, 11) is 0. The van der Waals surface area contributed by atoms with Gasteiger partial charge in [-0.05, 0) is 75.4 Å². The standard InChI is InChI=1S/C30H33ClN6O.H2S/c1-20-5-6-25(14-33-20)35-11-3-4-26(19-35)36(16-22-9-10-32-21(2)12-22)17-23-18-37(24-7-8-24)28-13-29(31)34-15-27(28)30(23)38;/h5-6,9-10,12-15,18,24,26H,3-4,7-8,11,16-17,19H2,1-2H3;1H2/t26-;/m0./s1. The van der Waals surface area contributed by atoms with Gasteiger partial charge in [0.2, 0.25) is 0 Å². The van der Waals surface area contributed by atoms with Gasteiger partial charge in [-0.1, -0.05) is 11.6 Å². The number of pyridine rings is 4. The van der Waals surface area contributed by atoms with Gasteiger partial charge in [-0.15, -0.1) is 0 Å². The molecule has 0 bridgehead atoms. The van der Waals surface area contributed by atoms with Crippen LogP contribution in [-0.2, 0) is 13.1 Å². The fourth-order valence-corrected chi connectivity index (χ4v) is 5.80. The van der Waals surface area contributed by atoms with Gasteiger partial charge in [-0.3, -0.25) is 19.7 Å². The van der Waals surface area contributed by atoms with Crippen LogP contribution in [0.3, 0.4) is 0 Å². The maximum Gasteiger partial charge on any atom is 0.195 e. The van der Waals surface area contributed by atoms with Crippen molar-refractivity contribution in [3.05, 3.63) is 93.0 Å². The van der Waals surface area contributed by atoms with Gasteiger partial charge in [-0.25, -0.2) is 4.98 Å². The minimum absolute atomic E-state index is 0. The van der Waals surface area contributed by atoms with Crippen LogP contribution in [0.5, 0.6) is 0 Å². The summed E-state index contributed by atoms with van der Waals surface area (Å²) in [6, 6.07) is 11.0. The second-order valence-corrected chi connectivity index (χ2v) is 11.1. The summed E-state index contributed by atoms with van der Waals surface area (Å²) in [5.41, 5.74) is 6.14. The predicted molar refractivity (Wildman–Crippen MR) is 162 cm³/mol. The molecule has 4 aromatic rings. The number of aromatic nitrogens is 4. The van der Waals surface area contributed by atoms with Gasteiger partial charge in [0.15, 0.2) is 5.43 Å². The summed E-state index contributed by atoms with van der Waals surface area (Å²) >= 11 is 6.22. The number of nitrogens with zero attached hydrogens (tertiary/aromatic N) is 6. The molecule has 1 atom stereocenters. The molecule has 2 aliphatic rings. The quantitative estimate of drug-likeness (QED) is 0.274. The Hall–Kier alpha value is -2.94. The number of piperidine rings is 1. The summed E-state index contributed by atoms with van der Waals surface area (Å²) < 4.78 is 2.25. The number of halogens is 1. The lowest BCUT2D eigenvalue weighted by molar-refractivity contribution is 0.158. The van der Waals surface area contributed by atoms with Crippen molar-refractivity contribution in [3.8, 4) is 0 Å². The van der Waals surface area contributed by atoms with E-state index in [1.165, 1.54) is 5.56 Å². The van der Waals surface area contributed by atoms with E-state index in [-0.39, 0.29) is 18.9 Å². The second kappa shape index (κ2) is 11.7. The average molecular weight is 563 g/mol. The molecule has 204 valence electrons. The second-order valence-electron chi connectivity index (χ2n) is 10.8. The summed E-state index contributed by atoms with van der Waals surface area (Å²) in [5, 5.41) is 1.07. The maximum atomic E-state index is 13.7. The van der Waals surface area contributed by atoms with Gasteiger partial charge < -0.3 is 9.47 Å². The molecule has 1 aliphatic carbocycles. The van der Waals surface area contributed by atoms with E-state index < -0.39 is 0 Å². The molecule has 1 saturated heterocycles. The smallest absolute Gasteiger partial charge is 0.195 e. The Bertz CT molecular complexity index is 1520. The molecule has 0 unspecified atom stereocenters. The summed E-state index contributed by atoms with van der Waals surface area (Å²) in [4.78, 5) is 31.8. The van der Waals surface area contributed by atoms with Gasteiger partial charge in [0.25, 0.3) is 0 Å². The molecule has 1 saturated carbocycles. The zero-order chi connectivity index (χ0) is 26.2. The normalized spacial score (nSPS) is 17.4. The molecule has 5 heterocycles. The lowest BCUT2D eigenvalue weighted by Crippen LogP contribution is -2.48. The van der Waals surface area contributed by atoms with Gasteiger partial charge in [0, 0.05) is 73.8 Å². The molecule has 0 spiro atoms. The molecule has 9 heteroatoms. The third-order valence-corrected chi connectivity index (χ3v) is 8.00. The van der Waals surface area contributed by atoms with E-state index >= 15 is 0 Å². The van der Waals surface area contributed by atoms with Gasteiger partial charge in [-0.2, -0.15) is 13.5 Å². The monoisotopic (exact) mass is 562 g/mol. The first-order chi connectivity index (χ1) is 18.4. The van der Waals surface area contributed by atoms with Crippen molar-refractivity contribution in [2.45, 2.75) is 64.7 Å². The SMILES string of the molecule is Cc1ccc(N2CCC[C@H](N(Cc3ccnc(C)c3)Cc3cn(C4CC4)c4cc(Cl)ncc4c3=O)C2)cn1.S. The molecule has 2 fully saturated rings. The third kappa shape index (κ3) is 6.13. The van der Waals surface area contributed by atoms with E-state index in [2.05, 4.69) is 59.8 Å². The Morgan fingerprint density at radius 3 is 2.59 bits per heavy atom. The first-order valence-electron chi connectivity index (χ1n) is 13.5. The highest BCUT2D eigenvalue weighted by Gasteiger charge is 2.29. The zero-order valence-electron chi connectivity index (χ0n) is 22.5. The predicted octanol–water partition coefficient (Wildman–Crippen LogP) is 5.58. The van der Waals surface area contributed by atoms with Crippen molar-refractivity contribution in [1.82, 2.24) is 24.4 Å².